The minimum absolute atomic E-state index is 0.395. The molecule has 0 aliphatic heterocycles. The van der Waals surface area contributed by atoms with Crippen LogP contribution in [0.2, 0.25) is 0 Å². The van der Waals surface area contributed by atoms with Crippen LogP contribution in [0.1, 0.15) is 27.9 Å². The van der Waals surface area contributed by atoms with E-state index in [1.807, 2.05) is 6.07 Å². The Morgan fingerprint density at radius 3 is 2.75 bits per heavy atom. The first kappa shape index (κ1) is 10.7. The molecular weight excluding hydrogens is 206 g/mol. The zero-order valence-electron chi connectivity index (χ0n) is 8.77. The van der Waals surface area contributed by atoms with Crippen molar-refractivity contribution in [2.75, 3.05) is 0 Å². The quantitative estimate of drug-likeness (QED) is 0.777. The number of hydrogen-bond acceptors (Lipinski definition) is 2. The maximum absolute atomic E-state index is 11.2. The van der Waals surface area contributed by atoms with Crippen LogP contribution in [0.3, 0.4) is 0 Å². The molecule has 1 aromatic rings. The van der Waals surface area contributed by atoms with E-state index in [2.05, 4.69) is 0 Å². The van der Waals surface area contributed by atoms with E-state index in [1.165, 1.54) is 0 Å². The first-order valence-corrected chi connectivity index (χ1v) is 5.23. The van der Waals surface area contributed by atoms with Crippen LogP contribution in [0.25, 0.3) is 0 Å². The molecule has 84 valence electrons. The van der Waals surface area contributed by atoms with Crippen LogP contribution in [0.4, 0.5) is 0 Å². The predicted octanol–water partition coefficient (Wildman–Crippen LogP) is 0.975. The van der Waals surface area contributed by atoms with E-state index >= 15 is 0 Å². The molecule has 0 saturated heterocycles. The number of nitrogens with two attached hydrogens (primary N) is 1. The molecule has 1 unspecified atom stereocenters. The molecule has 0 bridgehead atoms. The molecule has 1 aromatic carbocycles. The number of carbonyl (C=O) groups excluding carboxylic acids is 1. The van der Waals surface area contributed by atoms with Gasteiger partial charge in [0.1, 0.15) is 0 Å². The van der Waals surface area contributed by atoms with E-state index in [4.69, 9.17) is 10.8 Å². The van der Waals surface area contributed by atoms with Gasteiger partial charge in [0.15, 0.2) is 0 Å². The van der Waals surface area contributed by atoms with Gasteiger partial charge in [0.25, 0.3) is 0 Å². The Labute approximate surface area is 93.1 Å². The fourth-order valence-corrected chi connectivity index (χ4v) is 2.23. The molecule has 16 heavy (non-hydrogen) atoms. The number of primary amides is 1. The van der Waals surface area contributed by atoms with Crippen molar-refractivity contribution in [2.45, 2.75) is 19.3 Å². The summed E-state index contributed by atoms with van der Waals surface area (Å²) in [7, 11) is 0. The average Bonchev–Trinajstić information content (AvgIpc) is 2.27. The molecule has 1 aliphatic rings. The minimum Gasteiger partial charge on any atom is -0.481 e. The highest BCUT2D eigenvalue weighted by atomic mass is 16.4. The summed E-state index contributed by atoms with van der Waals surface area (Å²) >= 11 is 0. The van der Waals surface area contributed by atoms with Crippen LogP contribution in [-0.2, 0) is 17.6 Å². The lowest BCUT2D eigenvalue weighted by Crippen LogP contribution is -2.25. The molecule has 1 aliphatic carbocycles. The molecule has 0 aromatic heterocycles. The number of aliphatic carboxylic acids is 1. The number of hydrogen-bond donors (Lipinski definition) is 2. The molecule has 0 saturated carbocycles. The zero-order valence-corrected chi connectivity index (χ0v) is 8.77. The van der Waals surface area contributed by atoms with Crippen molar-refractivity contribution in [3.05, 3.63) is 34.9 Å². The van der Waals surface area contributed by atoms with E-state index in [0.717, 1.165) is 11.1 Å². The Bertz CT molecular complexity index is 454. The lowest BCUT2D eigenvalue weighted by atomic mass is 9.81. The smallest absolute Gasteiger partial charge is 0.306 e. The molecule has 3 N–H and O–H groups in total. The van der Waals surface area contributed by atoms with Crippen molar-refractivity contribution >= 4 is 11.9 Å². The molecule has 0 heterocycles. The maximum atomic E-state index is 11.2. The molecule has 2 rings (SSSR count). The van der Waals surface area contributed by atoms with Crippen LogP contribution in [0.15, 0.2) is 18.2 Å². The zero-order chi connectivity index (χ0) is 11.7. The van der Waals surface area contributed by atoms with E-state index in [-0.39, 0.29) is 0 Å². The van der Waals surface area contributed by atoms with Gasteiger partial charge in [-0.15, -0.1) is 0 Å². The summed E-state index contributed by atoms with van der Waals surface area (Å²) in [5.41, 5.74) is 7.60. The molecule has 0 radical (unpaired) electrons. The van der Waals surface area contributed by atoms with Gasteiger partial charge in [0.2, 0.25) is 5.91 Å². The van der Waals surface area contributed by atoms with Crippen molar-refractivity contribution in [1.29, 1.82) is 0 Å². The van der Waals surface area contributed by atoms with Crippen LogP contribution < -0.4 is 5.73 Å². The van der Waals surface area contributed by atoms with Gasteiger partial charge in [0.05, 0.1) is 5.92 Å². The highest BCUT2D eigenvalue weighted by Crippen LogP contribution is 2.28. The third-order valence-electron chi connectivity index (χ3n) is 3.10. The van der Waals surface area contributed by atoms with Crippen molar-refractivity contribution in [3.63, 3.8) is 0 Å². The minimum atomic E-state index is -0.801. The fraction of sp³-hybridized carbons (Fsp3) is 0.333. The Kier molecular flexibility index (Phi) is 2.64. The summed E-state index contributed by atoms with van der Waals surface area (Å²) in [6.45, 7) is 0. The van der Waals surface area contributed by atoms with Gasteiger partial charge >= 0.3 is 5.97 Å². The van der Waals surface area contributed by atoms with Gasteiger partial charge in [-0.2, -0.15) is 0 Å². The predicted molar refractivity (Wildman–Crippen MR) is 58.1 cm³/mol. The van der Waals surface area contributed by atoms with Crippen LogP contribution in [0.5, 0.6) is 0 Å². The van der Waals surface area contributed by atoms with Crippen molar-refractivity contribution in [1.82, 2.24) is 0 Å². The highest BCUT2D eigenvalue weighted by molar-refractivity contribution is 5.95. The topological polar surface area (TPSA) is 80.4 Å². The SMILES string of the molecule is NC(=O)c1cccc2c1CC(C(=O)O)CC2. The van der Waals surface area contributed by atoms with Gasteiger partial charge in [-0.25, -0.2) is 0 Å². The second-order valence-electron chi connectivity index (χ2n) is 4.09. The summed E-state index contributed by atoms with van der Waals surface area (Å²) < 4.78 is 0. The third kappa shape index (κ3) is 1.78. The summed E-state index contributed by atoms with van der Waals surface area (Å²) in [6, 6.07) is 5.38. The second-order valence-corrected chi connectivity index (χ2v) is 4.09. The maximum Gasteiger partial charge on any atom is 0.306 e. The van der Waals surface area contributed by atoms with Crippen molar-refractivity contribution in [2.24, 2.45) is 11.7 Å². The normalized spacial score (nSPS) is 18.9. The number of fused-ring (bicyclic) bond motifs is 1. The number of amides is 1. The van der Waals surface area contributed by atoms with Crippen LogP contribution in [-0.4, -0.2) is 17.0 Å². The lowest BCUT2D eigenvalue weighted by molar-refractivity contribution is -0.142. The first-order chi connectivity index (χ1) is 7.59. The Balaban J connectivity index is 2.41. The second kappa shape index (κ2) is 3.96. The van der Waals surface area contributed by atoms with E-state index < -0.39 is 17.8 Å². The van der Waals surface area contributed by atoms with Crippen molar-refractivity contribution < 1.29 is 14.7 Å². The highest BCUT2D eigenvalue weighted by Gasteiger charge is 2.26. The largest absolute Gasteiger partial charge is 0.481 e. The van der Waals surface area contributed by atoms with Gasteiger partial charge in [-0.3, -0.25) is 9.59 Å². The molecule has 4 heteroatoms. The van der Waals surface area contributed by atoms with Crippen molar-refractivity contribution in [3.8, 4) is 0 Å². The number of carboxylic acid groups (broad SMARTS) is 1. The van der Waals surface area contributed by atoms with E-state index in [9.17, 15) is 9.59 Å². The number of aryl methyl sites for hydroxylation is 1. The Morgan fingerprint density at radius 2 is 2.12 bits per heavy atom. The third-order valence-corrected chi connectivity index (χ3v) is 3.10. The van der Waals surface area contributed by atoms with Gasteiger partial charge in [0, 0.05) is 5.56 Å². The number of carbonyl (C=O) groups is 2. The summed E-state index contributed by atoms with van der Waals surface area (Å²) in [4.78, 5) is 22.2. The van der Waals surface area contributed by atoms with Gasteiger partial charge < -0.3 is 10.8 Å². The fourth-order valence-electron chi connectivity index (χ4n) is 2.23. The number of rotatable bonds is 2. The summed E-state index contributed by atoms with van der Waals surface area (Å²) in [5.74, 6) is -1.68. The Hall–Kier alpha value is -1.84. The monoisotopic (exact) mass is 219 g/mol. The van der Waals surface area contributed by atoms with E-state index in [1.54, 1.807) is 12.1 Å². The van der Waals surface area contributed by atoms with E-state index in [0.29, 0.717) is 24.8 Å². The molecule has 1 amide bonds. The summed E-state index contributed by atoms with van der Waals surface area (Å²) in [5, 5.41) is 8.98. The van der Waals surface area contributed by atoms with Crippen LogP contribution >= 0.6 is 0 Å². The molecule has 0 fully saturated rings. The average molecular weight is 219 g/mol. The van der Waals surface area contributed by atoms with Gasteiger partial charge in [-0.05, 0) is 36.5 Å². The molecule has 1 atom stereocenters. The van der Waals surface area contributed by atoms with Gasteiger partial charge in [-0.1, -0.05) is 12.1 Å². The standard InChI is InChI=1S/C12H13NO3/c13-11(14)9-3-1-2-7-4-5-8(12(15)16)6-10(7)9/h1-3,8H,4-6H2,(H2,13,14)(H,15,16). The molecule has 4 nitrogen and oxygen atoms in total. The summed E-state index contributed by atoms with van der Waals surface area (Å²) in [6.07, 6.45) is 1.74. The first-order valence-electron chi connectivity index (χ1n) is 5.23. The molecular formula is C12H13NO3. The number of benzene rings is 1. The Morgan fingerprint density at radius 1 is 1.38 bits per heavy atom. The lowest BCUT2D eigenvalue weighted by Gasteiger charge is -2.23. The molecule has 0 spiro atoms. The van der Waals surface area contributed by atoms with Crippen LogP contribution in [0, 0.1) is 5.92 Å². The number of carboxylic acids is 1.